The lowest BCUT2D eigenvalue weighted by Crippen LogP contribution is -2.43. The maximum atomic E-state index is 12.5. The number of pyridine rings is 3. The largest absolute Gasteiger partial charge is 0.474 e. The third-order valence-corrected chi connectivity index (χ3v) is 10.3. The summed E-state index contributed by atoms with van der Waals surface area (Å²) in [6.07, 6.45) is 4.82. The van der Waals surface area contributed by atoms with E-state index in [1.54, 1.807) is 31.5 Å². The van der Waals surface area contributed by atoms with Crippen LogP contribution in [0.15, 0.2) is 30.6 Å². The minimum absolute atomic E-state index is 0.0881. The summed E-state index contributed by atoms with van der Waals surface area (Å²) in [6, 6.07) is 5.11. The van der Waals surface area contributed by atoms with Gasteiger partial charge in [-0.1, -0.05) is 20.8 Å². The summed E-state index contributed by atoms with van der Waals surface area (Å²) in [4.78, 5) is 26.3. The average molecular weight is 554 g/mol. The Morgan fingerprint density at radius 1 is 1.15 bits per heavy atom. The second-order valence-corrected chi connectivity index (χ2v) is 13.5. The van der Waals surface area contributed by atoms with E-state index in [4.69, 9.17) is 20.2 Å². The smallest absolute Gasteiger partial charge is 0.340 e. The number of hydrogen-bond donors (Lipinski definition) is 2. The van der Waals surface area contributed by atoms with Crippen molar-refractivity contribution in [3.8, 4) is 5.88 Å². The van der Waals surface area contributed by atoms with Crippen LogP contribution in [-0.2, 0) is 14.6 Å². The van der Waals surface area contributed by atoms with Gasteiger partial charge in [0, 0.05) is 42.9 Å². The molecule has 2 atom stereocenters. The van der Waals surface area contributed by atoms with Crippen molar-refractivity contribution in [2.75, 3.05) is 11.1 Å². The first-order chi connectivity index (χ1) is 18.4. The van der Waals surface area contributed by atoms with E-state index in [0.717, 1.165) is 17.4 Å². The number of carbonyl (C=O) groups excluding carboxylic acids is 1. The Morgan fingerprint density at radius 2 is 1.90 bits per heavy atom. The molecule has 208 valence electrons. The van der Waals surface area contributed by atoms with Crippen LogP contribution in [0.3, 0.4) is 0 Å². The molecule has 0 amide bonds. The Morgan fingerprint density at radius 3 is 2.59 bits per heavy atom. The quantitative estimate of drug-likeness (QED) is 0.380. The molecule has 3 aromatic rings. The van der Waals surface area contributed by atoms with Gasteiger partial charge in [0.25, 0.3) is 0 Å². The Hall–Kier alpha value is -3.31. The van der Waals surface area contributed by atoms with Crippen molar-refractivity contribution >= 4 is 38.2 Å². The standard InChI is InChI=1S/C28H35N5O5S/c1-6-22(29)20-13-31-26(37-16-10-17(11-16)39(35,36)7-2)21-14-30-24(12-19(20)21)32-23-9-8-18-25(33-23)15(3)28(4,5)38-27(18)34/h8-9,12-17,22H,6-7,10-11,29H2,1-5H3,(H,30,32,33)/t15-,16?,17?,22-/m1/s1. The molecule has 0 saturated heterocycles. The van der Waals surface area contributed by atoms with Crippen LogP contribution in [0, 0.1) is 0 Å². The zero-order valence-electron chi connectivity index (χ0n) is 22.9. The number of carbonyl (C=O) groups is 1. The summed E-state index contributed by atoms with van der Waals surface area (Å²) in [6.45, 7) is 9.42. The van der Waals surface area contributed by atoms with Crippen molar-refractivity contribution in [3.05, 3.63) is 47.4 Å². The molecule has 11 heteroatoms. The molecule has 2 aliphatic rings. The highest BCUT2D eigenvalue weighted by atomic mass is 32.2. The minimum Gasteiger partial charge on any atom is -0.474 e. The molecular weight excluding hydrogens is 518 g/mol. The number of fused-ring (bicyclic) bond motifs is 2. The number of aromatic nitrogens is 3. The molecular formula is C28H35N5O5S. The van der Waals surface area contributed by atoms with Crippen LogP contribution in [-0.4, -0.2) is 52.0 Å². The zero-order valence-corrected chi connectivity index (χ0v) is 23.7. The van der Waals surface area contributed by atoms with E-state index in [1.165, 1.54) is 0 Å². The number of nitrogens with one attached hydrogen (secondary N) is 1. The van der Waals surface area contributed by atoms with Gasteiger partial charge < -0.3 is 20.5 Å². The van der Waals surface area contributed by atoms with Gasteiger partial charge in [-0.2, -0.15) is 0 Å². The molecule has 1 fully saturated rings. The summed E-state index contributed by atoms with van der Waals surface area (Å²) >= 11 is 0. The highest BCUT2D eigenvalue weighted by Gasteiger charge is 2.41. The predicted molar refractivity (Wildman–Crippen MR) is 149 cm³/mol. The number of esters is 1. The molecule has 3 N–H and O–H groups in total. The fourth-order valence-electron chi connectivity index (χ4n) is 5.00. The normalized spacial score (nSPS) is 22.9. The van der Waals surface area contributed by atoms with Crippen LogP contribution in [0.5, 0.6) is 5.88 Å². The van der Waals surface area contributed by atoms with Crippen molar-refractivity contribution < 1.29 is 22.7 Å². The number of rotatable bonds is 8. The average Bonchev–Trinajstić information content (AvgIpc) is 2.88. The van der Waals surface area contributed by atoms with Gasteiger partial charge >= 0.3 is 5.97 Å². The molecule has 1 aliphatic carbocycles. The third-order valence-electron chi connectivity index (χ3n) is 8.06. The third kappa shape index (κ3) is 5.05. The maximum absolute atomic E-state index is 12.5. The van der Waals surface area contributed by atoms with Crippen molar-refractivity contribution in [1.29, 1.82) is 0 Å². The van der Waals surface area contributed by atoms with Gasteiger partial charge in [0.2, 0.25) is 5.88 Å². The van der Waals surface area contributed by atoms with Gasteiger partial charge in [-0.3, -0.25) is 0 Å². The zero-order chi connectivity index (χ0) is 28.1. The summed E-state index contributed by atoms with van der Waals surface area (Å²) in [5.74, 6) is 1.19. The van der Waals surface area contributed by atoms with E-state index in [2.05, 4.69) is 15.3 Å². The van der Waals surface area contributed by atoms with Crippen molar-refractivity contribution in [2.24, 2.45) is 5.73 Å². The van der Waals surface area contributed by atoms with Crippen molar-refractivity contribution in [1.82, 2.24) is 15.0 Å². The highest BCUT2D eigenvalue weighted by molar-refractivity contribution is 7.92. The lowest BCUT2D eigenvalue weighted by atomic mass is 9.84. The molecule has 0 unspecified atom stereocenters. The van der Waals surface area contributed by atoms with Crippen LogP contribution in [0.25, 0.3) is 10.8 Å². The topological polar surface area (TPSA) is 146 Å². The Balaban J connectivity index is 1.44. The summed E-state index contributed by atoms with van der Waals surface area (Å²) < 4.78 is 36.0. The molecule has 0 aromatic carbocycles. The molecule has 3 aromatic heterocycles. The van der Waals surface area contributed by atoms with Crippen LogP contribution in [0.4, 0.5) is 11.6 Å². The van der Waals surface area contributed by atoms with E-state index in [9.17, 15) is 13.2 Å². The summed E-state index contributed by atoms with van der Waals surface area (Å²) in [7, 11) is -3.07. The van der Waals surface area contributed by atoms with Gasteiger partial charge in [-0.15, -0.1) is 0 Å². The first kappa shape index (κ1) is 27.3. The van der Waals surface area contributed by atoms with E-state index >= 15 is 0 Å². The number of nitrogens with two attached hydrogens (primary N) is 1. The van der Waals surface area contributed by atoms with Crippen LogP contribution in [0.1, 0.15) is 87.5 Å². The Bertz CT molecular complexity index is 1530. The SMILES string of the molecule is CC[C@@H](N)c1cnc(OC2CC(S(=O)(=O)CC)C2)c2cnc(Nc3ccc4c(n3)[C@@H](C)C(C)(C)OC4=O)cc12. The van der Waals surface area contributed by atoms with Gasteiger partial charge in [0.05, 0.1) is 21.9 Å². The second kappa shape index (κ2) is 10.0. The van der Waals surface area contributed by atoms with Crippen molar-refractivity contribution in [2.45, 2.75) is 82.8 Å². The molecule has 0 bridgehead atoms. The maximum Gasteiger partial charge on any atom is 0.340 e. The first-order valence-corrected chi connectivity index (χ1v) is 15.1. The highest BCUT2D eigenvalue weighted by Crippen LogP contribution is 2.39. The lowest BCUT2D eigenvalue weighted by Gasteiger charge is -2.36. The fraction of sp³-hybridized carbons (Fsp3) is 0.500. The number of nitrogens with zero attached hydrogens (tertiary/aromatic N) is 3. The molecule has 10 nitrogen and oxygen atoms in total. The van der Waals surface area contributed by atoms with Crippen LogP contribution in [0.2, 0.25) is 0 Å². The van der Waals surface area contributed by atoms with Crippen molar-refractivity contribution in [3.63, 3.8) is 0 Å². The molecule has 39 heavy (non-hydrogen) atoms. The number of hydrogen-bond acceptors (Lipinski definition) is 10. The van der Waals surface area contributed by atoms with Gasteiger partial charge in [-0.25, -0.2) is 28.2 Å². The van der Waals surface area contributed by atoms with E-state index in [1.807, 2.05) is 33.8 Å². The first-order valence-electron chi connectivity index (χ1n) is 13.4. The monoisotopic (exact) mass is 553 g/mol. The number of ether oxygens (including phenoxy) is 2. The number of anilines is 2. The second-order valence-electron chi connectivity index (χ2n) is 10.9. The molecule has 0 radical (unpaired) electrons. The van der Waals surface area contributed by atoms with E-state index in [-0.39, 0.29) is 35.0 Å². The van der Waals surface area contributed by atoms with Gasteiger partial charge in [0.15, 0.2) is 9.84 Å². The summed E-state index contributed by atoms with van der Waals surface area (Å²) in [5.41, 5.74) is 7.77. The lowest BCUT2D eigenvalue weighted by molar-refractivity contribution is -0.0189. The molecule has 4 heterocycles. The molecule has 1 aliphatic heterocycles. The number of cyclic esters (lactones) is 1. The van der Waals surface area contributed by atoms with Gasteiger partial charge in [-0.05, 0) is 49.4 Å². The molecule has 1 saturated carbocycles. The van der Waals surface area contributed by atoms with E-state index in [0.29, 0.717) is 47.0 Å². The van der Waals surface area contributed by atoms with Gasteiger partial charge in [0.1, 0.15) is 23.3 Å². The molecule has 5 rings (SSSR count). The Labute approximate surface area is 228 Å². The predicted octanol–water partition coefficient (Wildman–Crippen LogP) is 4.58. The molecule has 0 spiro atoms. The minimum atomic E-state index is -3.07. The Kier molecular flexibility index (Phi) is 7.00. The number of sulfone groups is 1. The van der Waals surface area contributed by atoms with Crippen LogP contribution >= 0.6 is 0 Å². The van der Waals surface area contributed by atoms with Crippen LogP contribution < -0.4 is 15.8 Å². The summed E-state index contributed by atoms with van der Waals surface area (Å²) in [5, 5.41) is 4.46. The van der Waals surface area contributed by atoms with E-state index < -0.39 is 15.4 Å². The fourth-order valence-corrected chi connectivity index (χ4v) is 6.49.